The second-order valence-electron chi connectivity index (χ2n) is 9.62. The monoisotopic (exact) mass is 547 g/mol. The normalized spacial score (nSPS) is 17.6. The van der Waals surface area contributed by atoms with Crippen LogP contribution in [0.1, 0.15) is 35.7 Å². The quantitative estimate of drug-likeness (QED) is 0.179. The zero-order valence-electron chi connectivity index (χ0n) is 20.6. The highest BCUT2D eigenvalue weighted by Crippen LogP contribution is 2.40. The number of halogens is 2. The zero-order chi connectivity index (χ0) is 26.6. The molecule has 4 rings (SSSR count). The van der Waals surface area contributed by atoms with Gasteiger partial charge in [0.15, 0.2) is 6.10 Å². The van der Waals surface area contributed by atoms with Crippen LogP contribution in [-0.4, -0.2) is 71.3 Å². The maximum Gasteiger partial charge on any atom is 0.261 e. The maximum absolute atomic E-state index is 13.0. The number of hydrogen-bond donors (Lipinski definition) is 3. The first kappa shape index (κ1) is 27.0. The smallest absolute Gasteiger partial charge is 0.261 e. The first-order valence-corrected chi connectivity index (χ1v) is 12.9. The lowest BCUT2D eigenvalue weighted by Crippen LogP contribution is -2.72. The van der Waals surface area contributed by atoms with Gasteiger partial charge in [0.25, 0.3) is 11.8 Å². The number of nitrogens with two attached hydrogens (primary N) is 2. The molecule has 2 fully saturated rings. The van der Waals surface area contributed by atoms with E-state index in [9.17, 15) is 9.59 Å². The molecule has 0 radical (unpaired) electrons. The molecule has 0 aliphatic carbocycles. The summed E-state index contributed by atoms with van der Waals surface area (Å²) in [5, 5.41) is 6.98. The van der Waals surface area contributed by atoms with Crippen molar-refractivity contribution in [1.29, 1.82) is 0 Å². The van der Waals surface area contributed by atoms with Crippen LogP contribution in [-0.2, 0) is 11.3 Å². The number of nitrogens with one attached hydrogen (secondary N) is 1. The summed E-state index contributed by atoms with van der Waals surface area (Å²) < 4.78 is 5.70. The van der Waals surface area contributed by atoms with Crippen molar-refractivity contribution >= 4 is 40.9 Å². The lowest BCUT2D eigenvalue weighted by atomic mass is 9.72. The summed E-state index contributed by atoms with van der Waals surface area (Å²) in [7, 11) is 0. The lowest BCUT2D eigenvalue weighted by molar-refractivity contribution is -0.128. The van der Waals surface area contributed by atoms with E-state index in [-0.39, 0.29) is 34.7 Å². The van der Waals surface area contributed by atoms with Crippen LogP contribution in [0.25, 0.3) is 0 Å². The highest BCUT2D eigenvalue weighted by Gasteiger charge is 2.52. The number of nitrogens with zero attached hydrogens (tertiary/aromatic N) is 4. The highest BCUT2D eigenvalue weighted by molar-refractivity contribution is 6.35. The lowest BCUT2D eigenvalue weighted by Gasteiger charge is -2.60. The van der Waals surface area contributed by atoms with Crippen molar-refractivity contribution in [2.45, 2.75) is 32.4 Å². The van der Waals surface area contributed by atoms with E-state index in [1.54, 1.807) is 6.07 Å². The summed E-state index contributed by atoms with van der Waals surface area (Å²) in [4.78, 5) is 34.0. The number of carbonyl (C=O) groups is 2. The fourth-order valence-corrected chi connectivity index (χ4v) is 5.18. The predicted molar refractivity (Wildman–Crippen MR) is 142 cm³/mol. The van der Waals surface area contributed by atoms with Crippen LogP contribution in [0.5, 0.6) is 5.88 Å². The minimum Gasteiger partial charge on any atom is -0.463 e. The first-order valence-electron chi connectivity index (χ1n) is 12.1. The van der Waals surface area contributed by atoms with Gasteiger partial charge in [-0.2, -0.15) is 5.10 Å². The number of amidine groups is 1. The molecule has 1 spiro atoms. The summed E-state index contributed by atoms with van der Waals surface area (Å²) in [5.41, 5.74) is 7.25. The number of pyridine rings is 1. The van der Waals surface area contributed by atoms with Crippen LogP contribution >= 0.6 is 23.2 Å². The van der Waals surface area contributed by atoms with Crippen LogP contribution in [0.3, 0.4) is 0 Å². The third-order valence-electron chi connectivity index (χ3n) is 6.64. The van der Waals surface area contributed by atoms with Gasteiger partial charge in [-0.3, -0.25) is 9.59 Å². The highest BCUT2D eigenvalue weighted by atomic mass is 35.5. The molecule has 0 saturated carbocycles. The molecule has 0 bridgehead atoms. The molecule has 1 aromatic heterocycles. The number of likely N-dealkylation sites (tertiary alicyclic amines) is 2. The number of rotatable bonds is 10. The van der Waals surface area contributed by atoms with Crippen molar-refractivity contribution in [2.75, 3.05) is 32.7 Å². The van der Waals surface area contributed by atoms with Crippen LogP contribution in [0.4, 0.5) is 0 Å². The molecule has 1 aromatic carbocycles. The average Bonchev–Trinajstić information content (AvgIpc) is 2.84. The Hall–Kier alpha value is -3.08. The molecule has 2 saturated heterocycles. The minimum atomic E-state index is -0.769. The SMILES string of the molecule is CCC(Oc1ncc(Cl)cc1Cl)C(=O)NCc1cccc(C(=O)N2CC3(CN(CC/C(N)=N/N)C3)C2)c1. The van der Waals surface area contributed by atoms with E-state index in [1.807, 2.05) is 30.0 Å². The molecular formula is C25H31Cl2N7O3. The number of benzene rings is 1. The summed E-state index contributed by atoms with van der Waals surface area (Å²) in [6, 6.07) is 8.81. The molecule has 10 nitrogen and oxygen atoms in total. The molecule has 2 aromatic rings. The fraction of sp³-hybridized carbons (Fsp3) is 0.440. The van der Waals surface area contributed by atoms with Crippen molar-refractivity contribution < 1.29 is 14.3 Å². The molecule has 1 unspecified atom stereocenters. The Labute approximate surface area is 225 Å². The van der Waals surface area contributed by atoms with Gasteiger partial charge in [-0.1, -0.05) is 42.3 Å². The maximum atomic E-state index is 13.0. The van der Waals surface area contributed by atoms with Crippen LogP contribution < -0.4 is 21.6 Å². The van der Waals surface area contributed by atoms with Crippen molar-refractivity contribution in [3.8, 4) is 5.88 Å². The van der Waals surface area contributed by atoms with Gasteiger partial charge in [0.1, 0.15) is 10.9 Å². The number of hydrazone groups is 1. The summed E-state index contributed by atoms with van der Waals surface area (Å²) in [6.07, 6.45) is 1.71. The second-order valence-corrected chi connectivity index (χ2v) is 10.5. The molecule has 2 aliphatic rings. The number of aromatic nitrogens is 1. The molecular weight excluding hydrogens is 517 g/mol. The van der Waals surface area contributed by atoms with Gasteiger partial charge in [-0.05, 0) is 30.2 Å². The van der Waals surface area contributed by atoms with Gasteiger partial charge in [0.2, 0.25) is 5.88 Å². The van der Waals surface area contributed by atoms with Crippen molar-refractivity contribution in [3.63, 3.8) is 0 Å². The van der Waals surface area contributed by atoms with E-state index in [0.717, 1.165) is 38.3 Å². The van der Waals surface area contributed by atoms with Gasteiger partial charge in [0.05, 0.1) is 5.02 Å². The largest absolute Gasteiger partial charge is 0.463 e. The van der Waals surface area contributed by atoms with Crippen molar-refractivity contribution in [1.82, 2.24) is 20.1 Å². The van der Waals surface area contributed by atoms with Gasteiger partial charge in [-0.25, -0.2) is 4.98 Å². The standard InChI is InChI=1S/C25H31Cl2N7O3/c1-2-20(37-23-19(27)9-18(26)11-31-23)22(35)30-10-16-4-3-5-17(8-16)24(36)34-14-25(15-34)12-33(13-25)7-6-21(28)32-29/h3-5,8-9,11,20H,2,6-7,10,12-15,29H2,1H3,(H2,28,32)(H,30,35). The Morgan fingerprint density at radius 2 is 2.00 bits per heavy atom. The molecule has 2 amide bonds. The van der Waals surface area contributed by atoms with E-state index >= 15 is 0 Å². The Bertz CT molecular complexity index is 1180. The second kappa shape index (κ2) is 11.5. The predicted octanol–water partition coefficient (Wildman–Crippen LogP) is 2.24. The zero-order valence-corrected chi connectivity index (χ0v) is 22.1. The molecule has 12 heteroatoms. The third kappa shape index (κ3) is 6.44. The van der Waals surface area contributed by atoms with Crippen LogP contribution in [0, 0.1) is 5.41 Å². The molecule has 2 aliphatic heterocycles. The fourth-order valence-electron chi connectivity index (χ4n) is 4.75. The first-order chi connectivity index (χ1) is 17.7. The van der Waals surface area contributed by atoms with E-state index in [2.05, 4.69) is 20.3 Å². The van der Waals surface area contributed by atoms with Crippen LogP contribution in [0.15, 0.2) is 41.6 Å². The number of carbonyl (C=O) groups excluding carboxylic acids is 2. The van der Waals surface area contributed by atoms with Gasteiger partial charge < -0.3 is 31.4 Å². The Kier molecular flexibility index (Phi) is 8.41. The van der Waals surface area contributed by atoms with Crippen molar-refractivity contribution in [2.24, 2.45) is 22.1 Å². The van der Waals surface area contributed by atoms with E-state index in [0.29, 0.717) is 29.3 Å². The average molecular weight is 548 g/mol. The Morgan fingerprint density at radius 3 is 2.68 bits per heavy atom. The van der Waals surface area contributed by atoms with Gasteiger partial charge >= 0.3 is 0 Å². The summed E-state index contributed by atoms with van der Waals surface area (Å²) >= 11 is 12.0. The summed E-state index contributed by atoms with van der Waals surface area (Å²) in [6.45, 7) is 6.27. The van der Waals surface area contributed by atoms with Gasteiger partial charge in [0, 0.05) is 62.9 Å². The Balaban J connectivity index is 1.25. The molecule has 3 heterocycles. The van der Waals surface area contributed by atoms with E-state index in [4.69, 9.17) is 39.5 Å². The van der Waals surface area contributed by atoms with E-state index in [1.165, 1.54) is 12.3 Å². The van der Waals surface area contributed by atoms with Crippen molar-refractivity contribution in [3.05, 3.63) is 57.7 Å². The van der Waals surface area contributed by atoms with Crippen LogP contribution in [0.2, 0.25) is 10.0 Å². The van der Waals surface area contributed by atoms with Gasteiger partial charge in [-0.15, -0.1) is 0 Å². The number of hydrogen-bond acceptors (Lipinski definition) is 7. The molecule has 198 valence electrons. The molecule has 1 atom stereocenters. The topological polar surface area (TPSA) is 139 Å². The molecule has 5 N–H and O–H groups in total. The van der Waals surface area contributed by atoms with E-state index < -0.39 is 6.10 Å². The number of ether oxygens (including phenoxy) is 1. The third-order valence-corrected chi connectivity index (χ3v) is 7.12. The summed E-state index contributed by atoms with van der Waals surface area (Å²) in [5.74, 6) is 5.47. The number of amides is 2. The minimum absolute atomic E-state index is 0.00464. The molecule has 37 heavy (non-hydrogen) atoms. The Morgan fingerprint density at radius 1 is 1.24 bits per heavy atom.